The summed E-state index contributed by atoms with van der Waals surface area (Å²) in [7, 11) is 1.93. The zero-order valence-electron chi connectivity index (χ0n) is 7.39. The van der Waals surface area contributed by atoms with Gasteiger partial charge >= 0.3 is 0 Å². The fraction of sp³-hybridized carbons (Fsp3) is 0.875. The van der Waals surface area contributed by atoms with Crippen LogP contribution in [-0.4, -0.2) is 19.5 Å². The standard InChI is InChI=1S/C8H18N2O/c1-7(8(9)11)5-3-4-6-10-2/h7,10H,3-6H2,1-2H3,(H2,9,11). The van der Waals surface area contributed by atoms with E-state index in [9.17, 15) is 4.79 Å². The van der Waals surface area contributed by atoms with Crippen LogP contribution in [0.2, 0.25) is 0 Å². The van der Waals surface area contributed by atoms with Gasteiger partial charge in [0.1, 0.15) is 0 Å². The molecule has 0 saturated carbocycles. The van der Waals surface area contributed by atoms with Gasteiger partial charge in [-0.3, -0.25) is 4.79 Å². The van der Waals surface area contributed by atoms with Gasteiger partial charge in [0.25, 0.3) is 0 Å². The normalized spacial score (nSPS) is 12.9. The second kappa shape index (κ2) is 6.16. The van der Waals surface area contributed by atoms with Gasteiger partial charge in [-0.05, 0) is 26.4 Å². The highest BCUT2D eigenvalue weighted by molar-refractivity contribution is 5.76. The van der Waals surface area contributed by atoms with Gasteiger partial charge in [0.15, 0.2) is 0 Å². The van der Waals surface area contributed by atoms with E-state index in [2.05, 4.69) is 5.32 Å². The maximum absolute atomic E-state index is 10.6. The van der Waals surface area contributed by atoms with Gasteiger partial charge in [0.2, 0.25) is 5.91 Å². The van der Waals surface area contributed by atoms with E-state index in [-0.39, 0.29) is 11.8 Å². The molecule has 1 atom stereocenters. The number of amides is 1. The summed E-state index contributed by atoms with van der Waals surface area (Å²) >= 11 is 0. The molecule has 0 aliphatic heterocycles. The largest absolute Gasteiger partial charge is 0.369 e. The van der Waals surface area contributed by atoms with Crippen LogP contribution in [0.15, 0.2) is 0 Å². The third kappa shape index (κ3) is 5.85. The van der Waals surface area contributed by atoms with Crippen LogP contribution in [0, 0.1) is 5.92 Å². The summed E-state index contributed by atoms with van der Waals surface area (Å²) in [5.41, 5.74) is 5.10. The van der Waals surface area contributed by atoms with Gasteiger partial charge in [0.05, 0.1) is 0 Å². The molecule has 3 N–H and O–H groups in total. The molecule has 0 aliphatic carbocycles. The van der Waals surface area contributed by atoms with Crippen molar-refractivity contribution in [2.24, 2.45) is 11.7 Å². The van der Waals surface area contributed by atoms with E-state index in [1.54, 1.807) is 0 Å². The number of primary amides is 1. The highest BCUT2D eigenvalue weighted by Crippen LogP contribution is 2.05. The van der Waals surface area contributed by atoms with Crippen molar-refractivity contribution in [1.29, 1.82) is 0 Å². The molecule has 0 heterocycles. The number of nitrogens with two attached hydrogens (primary N) is 1. The van der Waals surface area contributed by atoms with Crippen LogP contribution >= 0.6 is 0 Å². The Morgan fingerprint density at radius 2 is 2.18 bits per heavy atom. The molecule has 3 heteroatoms. The van der Waals surface area contributed by atoms with Crippen molar-refractivity contribution < 1.29 is 4.79 Å². The second-order valence-corrected chi connectivity index (χ2v) is 2.90. The van der Waals surface area contributed by atoms with E-state index >= 15 is 0 Å². The van der Waals surface area contributed by atoms with Crippen molar-refractivity contribution in [3.8, 4) is 0 Å². The molecule has 0 aromatic carbocycles. The zero-order chi connectivity index (χ0) is 8.69. The van der Waals surface area contributed by atoms with Gasteiger partial charge in [-0.25, -0.2) is 0 Å². The summed E-state index contributed by atoms with van der Waals surface area (Å²) in [5, 5.41) is 3.05. The monoisotopic (exact) mass is 158 g/mol. The first-order valence-electron chi connectivity index (χ1n) is 4.12. The average Bonchev–Trinajstić information content (AvgIpc) is 1.97. The van der Waals surface area contributed by atoms with E-state index in [1.165, 1.54) is 0 Å². The van der Waals surface area contributed by atoms with Gasteiger partial charge in [-0.2, -0.15) is 0 Å². The van der Waals surface area contributed by atoms with Gasteiger partial charge in [-0.1, -0.05) is 13.3 Å². The molecule has 1 unspecified atom stereocenters. The summed E-state index contributed by atoms with van der Waals surface area (Å²) in [6.07, 6.45) is 3.11. The predicted octanol–water partition coefficient (Wildman–Crippen LogP) is 0.497. The van der Waals surface area contributed by atoms with Crippen molar-refractivity contribution in [3.05, 3.63) is 0 Å². The number of hydrogen-bond donors (Lipinski definition) is 2. The Bertz CT molecular complexity index is 115. The summed E-state index contributed by atoms with van der Waals surface area (Å²) in [5.74, 6) is -0.152. The molecule has 0 saturated heterocycles. The van der Waals surface area contributed by atoms with Gasteiger partial charge in [0, 0.05) is 5.92 Å². The highest BCUT2D eigenvalue weighted by atomic mass is 16.1. The Balaban J connectivity index is 3.17. The van der Waals surface area contributed by atoms with Crippen LogP contribution in [0.3, 0.4) is 0 Å². The number of carbonyl (C=O) groups is 1. The van der Waals surface area contributed by atoms with E-state index in [0.717, 1.165) is 25.8 Å². The van der Waals surface area contributed by atoms with E-state index in [1.807, 2.05) is 14.0 Å². The molecule has 0 radical (unpaired) electrons. The molecular weight excluding hydrogens is 140 g/mol. The fourth-order valence-corrected chi connectivity index (χ4v) is 0.895. The summed E-state index contributed by atoms with van der Waals surface area (Å²) in [4.78, 5) is 10.6. The number of rotatable bonds is 6. The minimum absolute atomic E-state index is 0.0341. The molecule has 11 heavy (non-hydrogen) atoms. The molecule has 0 aromatic rings. The average molecular weight is 158 g/mol. The van der Waals surface area contributed by atoms with E-state index in [4.69, 9.17) is 5.73 Å². The second-order valence-electron chi connectivity index (χ2n) is 2.90. The Kier molecular flexibility index (Phi) is 5.84. The molecule has 0 aliphatic rings. The molecule has 66 valence electrons. The lowest BCUT2D eigenvalue weighted by Crippen LogP contribution is -2.20. The topological polar surface area (TPSA) is 55.1 Å². The molecule has 0 spiro atoms. The van der Waals surface area contributed by atoms with Crippen molar-refractivity contribution >= 4 is 5.91 Å². The summed E-state index contributed by atoms with van der Waals surface area (Å²) in [6, 6.07) is 0. The van der Waals surface area contributed by atoms with Crippen LogP contribution in [0.1, 0.15) is 26.2 Å². The molecule has 0 aromatic heterocycles. The van der Waals surface area contributed by atoms with E-state index in [0.29, 0.717) is 0 Å². The smallest absolute Gasteiger partial charge is 0.220 e. The maximum Gasteiger partial charge on any atom is 0.220 e. The Morgan fingerprint density at radius 1 is 1.55 bits per heavy atom. The Hall–Kier alpha value is -0.570. The number of nitrogens with one attached hydrogen (secondary N) is 1. The maximum atomic E-state index is 10.6. The number of hydrogen-bond acceptors (Lipinski definition) is 2. The Labute approximate surface area is 68.3 Å². The van der Waals surface area contributed by atoms with Crippen LogP contribution in [0.25, 0.3) is 0 Å². The lowest BCUT2D eigenvalue weighted by atomic mass is 10.0. The molecule has 0 fully saturated rings. The lowest BCUT2D eigenvalue weighted by Gasteiger charge is -2.05. The first kappa shape index (κ1) is 10.4. The van der Waals surface area contributed by atoms with Crippen LogP contribution in [-0.2, 0) is 4.79 Å². The first-order valence-corrected chi connectivity index (χ1v) is 4.12. The first-order chi connectivity index (χ1) is 5.18. The SMILES string of the molecule is CNCCCCC(C)C(N)=O. The van der Waals surface area contributed by atoms with Crippen molar-refractivity contribution in [1.82, 2.24) is 5.32 Å². The summed E-state index contributed by atoms with van der Waals surface area (Å²) in [6.45, 7) is 2.90. The predicted molar refractivity (Wildman–Crippen MR) is 46.1 cm³/mol. The van der Waals surface area contributed by atoms with Crippen LogP contribution < -0.4 is 11.1 Å². The van der Waals surface area contributed by atoms with Crippen molar-refractivity contribution in [3.63, 3.8) is 0 Å². The number of unbranched alkanes of at least 4 members (excludes halogenated alkanes) is 1. The zero-order valence-corrected chi connectivity index (χ0v) is 7.39. The molecule has 0 rings (SSSR count). The minimum atomic E-state index is -0.186. The lowest BCUT2D eigenvalue weighted by molar-refractivity contribution is -0.121. The van der Waals surface area contributed by atoms with Crippen LogP contribution in [0.5, 0.6) is 0 Å². The third-order valence-electron chi connectivity index (χ3n) is 1.80. The fourth-order valence-electron chi connectivity index (χ4n) is 0.895. The van der Waals surface area contributed by atoms with Gasteiger partial charge in [-0.15, -0.1) is 0 Å². The highest BCUT2D eigenvalue weighted by Gasteiger charge is 2.06. The summed E-state index contributed by atoms with van der Waals surface area (Å²) < 4.78 is 0. The quantitative estimate of drug-likeness (QED) is 0.553. The Morgan fingerprint density at radius 3 is 2.64 bits per heavy atom. The van der Waals surface area contributed by atoms with E-state index < -0.39 is 0 Å². The molecule has 3 nitrogen and oxygen atoms in total. The van der Waals surface area contributed by atoms with Crippen molar-refractivity contribution in [2.75, 3.05) is 13.6 Å². The van der Waals surface area contributed by atoms with Crippen LogP contribution in [0.4, 0.5) is 0 Å². The minimum Gasteiger partial charge on any atom is -0.369 e. The third-order valence-corrected chi connectivity index (χ3v) is 1.80. The molecule has 0 bridgehead atoms. The van der Waals surface area contributed by atoms with Gasteiger partial charge < -0.3 is 11.1 Å². The molecule has 1 amide bonds. The number of carbonyl (C=O) groups excluding carboxylic acids is 1. The molecular formula is C8H18N2O. The van der Waals surface area contributed by atoms with Crippen molar-refractivity contribution in [2.45, 2.75) is 26.2 Å².